The molecular weight excluding hydrogens is 268 g/mol. The third-order valence-electron chi connectivity index (χ3n) is 3.85. The molecule has 1 aliphatic rings. The van der Waals surface area contributed by atoms with E-state index in [4.69, 9.17) is 0 Å². The molecule has 1 N–H and O–H groups in total. The van der Waals surface area contributed by atoms with Gasteiger partial charge in [0.1, 0.15) is 6.33 Å². The maximum absolute atomic E-state index is 12.4. The summed E-state index contributed by atoms with van der Waals surface area (Å²) < 4.78 is 3.04. The molecule has 1 fully saturated rings. The van der Waals surface area contributed by atoms with Crippen molar-refractivity contribution < 1.29 is 4.79 Å². The number of nitrogens with zero attached hydrogens (tertiary/aromatic N) is 3. The quantitative estimate of drug-likeness (QED) is 0.913. The number of nitrogens with one attached hydrogen (secondary N) is 1. The number of amides is 1. The zero-order chi connectivity index (χ0) is 14.7. The molecule has 1 amide bonds. The molecule has 1 saturated heterocycles. The molecule has 6 nitrogen and oxygen atoms in total. The van der Waals surface area contributed by atoms with E-state index in [9.17, 15) is 9.59 Å². The molecular formula is C15H18N4O2. The second kappa shape index (κ2) is 5.95. The molecule has 1 aromatic carbocycles. The molecule has 0 spiro atoms. The van der Waals surface area contributed by atoms with Gasteiger partial charge in [0.05, 0.1) is 5.69 Å². The van der Waals surface area contributed by atoms with Crippen LogP contribution in [0, 0.1) is 5.92 Å². The molecule has 1 unspecified atom stereocenters. The molecule has 0 saturated carbocycles. The van der Waals surface area contributed by atoms with Crippen molar-refractivity contribution in [1.29, 1.82) is 0 Å². The molecule has 1 atom stereocenters. The lowest BCUT2D eigenvalue weighted by atomic mass is 10.0. The largest absolute Gasteiger partial charge is 0.356 e. The molecule has 1 aliphatic heterocycles. The Morgan fingerprint density at radius 1 is 1.19 bits per heavy atom. The van der Waals surface area contributed by atoms with E-state index < -0.39 is 0 Å². The number of rotatable bonds is 3. The Bertz CT molecular complexity index is 674. The molecule has 0 aliphatic carbocycles. The van der Waals surface area contributed by atoms with Gasteiger partial charge in [-0.2, -0.15) is 5.10 Å². The smallest absolute Gasteiger partial charge is 0.350 e. The van der Waals surface area contributed by atoms with E-state index in [1.165, 1.54) is 4.68 Å². The van der Waals surface area contributed by atoms with E-state index in [0.717, 1.165) is 18.5 Å². The van der Waals surface area contributed by atoms with Crippen LogP contribution in [0.2, 0.25) is 0 Å². The maximum atomic E-state index is 12.4. The number of hydrogen-bond donors (Lipinski definition) is 1. The summed E-state index contributed by atoms with van der Waals surface area (Å²) >= 11 is 0. The maximum Gasteiger partial charge on any atom is 0.350 e. The van der Waals surface area contributed by atoms with Gasteiger partial charge in [-0.05, 0) is 30.9 Å². The van der Waals surface area contributed by atoms with Crippen LogP contribution in [0.3, 0.4) is 0 Å². The van der Waals surface area contributed by atoms with Crippen LogP contribution in [0.5, 0.6) is 0 Å². The SMILES string of the molecule is O=C1CCC(Cn2ncn(-c3ccccc3)c2=O)CCN1. The topological polar surface area (TPSA) is 68.9 Å². The Kier molecular flexibility index (Phi) is 3.85. The van der Waals surface area contributed by atoms with Gasteiger partial charge in [0.2, 0.25) is 5.91 Å². The van der Waals surface area contributed by atoms with Crippen molar-refractivity contribution in [3.05, 3.63) is 47.1 Å². The summed E-state index contributed by atoms with van der Waals surface area (Å²) in [6, 6.07) is 9.45. The number of carbonyl (C=O) groups excluding carboxylic acids is 1. The minimum atomic E-state index is -0.135. The lowest BCUT2D eigenvalue weighted by Crippen LogP contribution is -2.27. The van der Waals surface area contributed by atoms with Crippen molar-refractivity contribution in [2.75, 3.05) is 6.54 Å². The summed E-state index contributed by atoms with van der Waals surface area (Å²) in [7, 11) is 0. The predicted molar refractivity (Wildman–Crippen MR) is 78.2 cm³/mol. The molecule has 3 rings (SSSR count). The molecule has 0 radical (unpaired) electrons. The molecule has 0 bridgehead atoms. The Hall–Kier alpha value is -2.37. The molecule has 6 heteroatoms. The van der Waals surface area contributed by atoms with E-state index in [-0.39, 0.29) is 11.6 Å². The monoisotopic (exact) mass is 286 g/mol. The minimum Gasteiger partial charge on any atom is -0.356 e. The highest BCUT2D eigenvalue weighted by atomic mass is 16.2. The third kappa shape index (κ3) is 3.04. The van der Waals surface area contributed by atoms with Gasteiger partial charge >= 0.3 is 5.69 Å². The summed E-state index contributed by atoms with van der Waals surface area (Å²) in [5.74, 6) is 0.403. The molecule has 110 valence electrons. The summed E-state index contributed by atoms with van der Waals surface area (Å²) in [6.45, 7) is 1.24. The van der Waals surface area contributed by atoms with E-state index in [1.54, 1.807) is 10.9 Å². The van der Waals surface area contributed by atoms with Gasteiger partial charge in [0, 0.05) is 19.5 Å². The fraction of sp³-hybridized carbons (Fsp3) is 0.400. The van der Waals surface area contributed by atoms with E-state index in [2.05, 4.69) is 10.4 Å². The summed E-state index contributed by atoms with van der Waals surface area (Å²) in [5, 5.41) is 7.05. The third-order valence-corrected chi connectivity index (χ3v) is 3.85. The van der Waals surface area contributed by atoms with Crippen molar-refractivity contribution in [2.24, 2.45) is 5.92 Å². The van der Waals surface area contributed by atoms with Gasteiger partial charge in [-0.15, -0.1) is 0 Å². The molecule has 1 aromatic heterocycles. The summed E-state index contributed by atoms with van der Waals surface area (Å²) in [5.41, 5.74) is 0.677. The van der Waals surface area contributed by atoms with Crippen LogP contribution >= 0.6 is 0 Å². The Morgan fingerprint density at radius 2 is 2.00 bits per heavy atom. The van der Waals surface area contributed by atoms with Crippen LogP contribution in [0.25, 0.3) is 5.69 Å². The van der Waals surface area contributed by atoms with Crippen molar-refractivity contribution in [1.82, 2.24) is 19.7 Å². The van der Waals surface area contributed by atoms with E-state index in [0.29, 0.717) is 25.4 Å². The first kappa shape index (κ1) is 13.6. The fourth-order valence-corrected chi connectivity index (χ4v) is 2.64. The van der Waals surface area contributed by atoms with Crippen LogP contribution in [0.15, 0.2) is 41.5 Å². The number of carbonyl (C=O) groups is 1. The van der Waals surface area contributed by atoms with Crippen molar-refractivity contribution in [2.45, 2.75) is 25.8 Å². The van der Waals surface area contributed by atoms with Gasteiger partial charge in [-0.25, -0.2) is 14.0 Å². The fourth-order valence-electron chi connectivity index (χ4n) is 2.64. The minimum absolute atomic E-state index is 0.0969. The summed E-state index contributed by atoms with van der Waals surface area (Å²) in [6.07, 6.45) is 3.77. The zero-order valence-electron chi connectivity index (χ0n) is 11.7. The first-order valence-corrected chi connectivity index (χ1v) is 7.20. The molecule has 21 heavy (non-hydrogen) atoms. The number of aromatic nitrogens is 3. The lowest BCUT2D eigenvalue weighted by Gasteiger charge is -2.11. The summed E-state index contributed by atoms with van der Waals surface area (Å²) in [4.78, 5) is 23.7. The van der Waals surface area contributed by atoms with Gasteiger partial charge in [0.25, 0.3) is 0 Å². The normalized spacial score (nSPS) is 19.0. The van der Waals surface area contributed by atoms with Gasteiger partial charge in [-0.1, -0.05) is 18.2 Å². The van der Waals surface area contributed by atoms with Crippen LogP contribution in [0.1, 0.15) is 19.3 Å². The van der Waals surface area contributed by atoms with Crippen LogP contribution in [0.4, 0.5) is 0 Å². The van der Waals surface area contributed by atoms with Crippen molar-refractivity contribution in [3.8, 4) is 5.69 Å². The van der Waals surface area contributed by atoms with Crippen molar-refractivity contribution >= 4 is 5.91 Å². The molecule has 2 aromatic rings. The predicted octanol–water partition coefficient (Wildman–Crippen LogP) is 0.950. The van der Waals surface area contributed by atoms with E-state index >= 15 is 0 Å². The average molecular weight is 286 g/mol. The average Bonchev–Trinajstić information content (AvgIpc) is 2.73. The highest BCUT2D eigenvalue weighted by Crippen LogP contribution is 2.15. The van der Waals surface area contributed by atoms with Gasteiger partial charge in [0.15, 0.2) is 0 Å². The zero-order valence-corrected chi connectivity index (χ0v) is 11.7. The van der Waals surface area contributed by atoms with Gasteiger partial charge in [-0.3, -0.25) is 4.79 Å². The Balaban J connectivity index is 1.77. The highest BCUT2D eigenvalue weighted by molar-refractivity contribution is 5.76. The number of benzene rings is 1. The Labute approximate surface area is 122 Å². The first-order chi connectivity index (χ1) is 10.2. The van der Waals surface area contributed by atoms with Crippen molar-refractivity contribution in [3.63, 3.8) is 0 Å². The van der Waals surface area contributed by atoms with Crippen LogP contribution < -0.4 is 11.0 Å². The number of hydrogen-bond acceptors (Lipinski definition) is 3. The van der Waals surface area contributed by atoms with Crippen LogP contribution in [-0.4, -0.2) is 26.8 Å². The Morgan fingerprint density at radius 3 is 2.81 bits per heavy atom. The molecule has 2 heterocycles. The second-order valence-electron chi connectivity index (χ2n) is 5.34. The van der Waals surface area contributed by atoms with E-state index in [1.807, 2.05) is 30.3 Å². The lowest BCUT2D eigenvalue weighted by molar-refractivity contribution is -0.120. The highest BCUT2D eigenvalue weighted by Gasteiger charge is 2.18. The van der Waals surface area contributed by atoms with Crippen LogP contribution in [-0.2, 0) is 11.3 Å². The number of para-hydroxylation sites is 1. The second-order valence-corrected chi connectivity index (χ2v) is 5.34. The standard InChI is InChI=1S/C15H18N4O2/c20-14-7-6-12(8-9-16-14)10-19-15(21)18(11-17-19)13-4-2-1-3-5-13/h1-5,11-12H,6-10H2,(H,16,20). The van der Waals surface area contributed by atoms with Gasteiger partial charge < -0.3 is 5.32 Å². The first-order valence-electron chi connectivity index (χ1n) is 7.20.